The first-order valence-corrected chi connectivity index (χ1v) is 19.2. The van der Waals surface area contributed by atoms with Gasteiger partial charge in [0, 0.05) is 60.8 Å². The number of aromatic nitrogens is 1. The maximum Gasteiger partial charge on any atom is 0.159 e. The van der Waals surface area contributed by atoms with Gasteiger partial charge in [-0.15, -0.1) is 0 Å². The van der Waals surface area contributed by atoms with Crippen molar-refractivity contribution in [2.24, 2.45) is 9.98 Å². The van der Waals surface area contributed by atoms with Crippen molar-refractivity contribution in [3.8, 4) is 16.8 Å². The fourth-order valence-electron chi connectivity index (χ4n) is 8.57. The third-order valence-corrected chi connectivity index (χ3v) is 11.3. The molecule has 0 amide bonds. The third-order valence-electron chi connectivity index (χ3n) is 11.3. The zero-order chi connectivity index (χ0) is 37.5. The van der Waals surface area contributed by atoms with Crippen LogP contribution in [0.2, 0.25) is 0 Å². The summed E-state index contributed by atoms with van der Waals surface area (Å²) in [6, 6.07) is 63.3. The largest absolute Gasteiger partial charge is 0.456 e. The van der Waals surface area contributed by atoms with Gasteiger partial charge in [-0.1, -0.05) is 127 Å². The number of furan rings is 2. The second-order valence-corrected chi connectivity index (χ2v) is 14.6. The number of amidine groups is 2. The summed E-state index contributed by atoms with van der Waals surface area (Å²) < 4.78 is 15.5. The molecule has 6 heteroatoms. The van der Waals surface area contributed by atoms with Gasteiger partial charge in [0.25, 0.3) is 0 Å². The first-order chi connectivity index (χ1) is 28.2. The molecule has 1 aliphatic rings. The fraction of sp³-hybridized carbons (Fsp3) is 0.0196. The van der Waals surface area contributed by atoms with Crippen LogP contribution in [-0.4, -0.2) is 16.2 Å². The molecule has 0 bridgehead atoms. The molecule has 3 aromatic heterocycles. The Balaban J connectivity index is 0.959. The molecule has 268 valence electrons. The van der Waals surface area contributed by atoms with Crippen LogP contribution in [0, 0.1) is 0 Å². The molecule has 11 aromatic rings. The van der Waals surface area contributed by atoms with Crippen LogP contribution in [-0.2, 0) is 0 Å². The summed E-state index contributed by atoms with van der Waals surface area (Å²) in [4.78, 5) is 10.2. The minimum absolute atomic E-state index is 0.430. The lowest BCUT2D eigenvalue weighted by Crippen LogP contribution is -2.33. The van der Waals surface area contributed by atoms with Gasteiger partial charge in [0.05, 0.1) is 11.0 Å². The number of nitrogens with one attached hydrogen (secondary N) is 1. The molecule has 12 rings (SSSR count). The quantitative estimate of drug-likeness (QED) is 0.192. The summed E-state index contributed by atoms with van der Waals surface area (Å²) in [7, 11) is 0. The van der Waals surface area contributed by atoms with Crippen molar-refractivity contribution in [2.45, 2.75) is 6.17 Å². The van der Waals surface area contributed by atoms with Crippen LogP contribution in [0.4, 0.5) is 0 Å². The number of hydrogen-bond donors (Lipinski definition) is 1. The van der Waals surface area contributed by atoms with E-state index in [2.05, 4.69) is 143 Å². The highest BCUT2D eigenvalue weighted by Gasteiger charge is 2.25. The molecule has 0 saturated heterocycles. The number of para-hydroxylation sites is 3. The molecule has 57 heavy (non-hydrogen) atoms. The second kappa shape index (κ2) is 12.4. The monoisotopic (exact) mass is 732 g/mol. The lowest BCUT2D eigenvalue weighted by Gasteiger charge is -2.23. The molecule has 0 saturated carbocycles. The summed E-state index contributed by atoms with van der Waals surface area (Å²) in [6.07, 6.45) is -0.430. The van der Waals surface area contributed by atoms with Gasteiger partial charge in [-0.3, -0.25) is 0 Å². The Morgan fingerprint density at radius 2 is 1.11 bits per heavy atom. The average Bonchev–Trinajstić information content (AvgIpc) is 3.95. The van der Waals surface area contributed by atoms with Gasteiger partial charge in [-0.2, -0.15) is 0 Å². The van der Waals surface area contributed by atoms with Crippen molar-refractivity contribution in [1.29, 1.82) is 0 Å². The van der Waals surface area contributed by atoms with E-state index >= 15 is 0 Å². The first kappa shape index (κ1) is 31.6. The Kier molecular flexibility index (Phi) is 6.89. The predicted molar refractivity (Wildman–Crippen MR) is 233 cm³/mol. The van der Waals surface area contributed by atoms with E-state index in [0.717, 1.165) is 77.3 Å². The molecular weight excluding hydrogens is 701 g/mol. The summed E-state index contributed by atoms with van der Waals surface area (Å²) in [5.41, 5.74) is 11.8. The van der Waals surface area contributed by atoms with Gasteiger partial charge >= 0.3 is 0 Å². The van der Waals surface area contributed by atoms with Crippen molar-refractivity contribution >= 4 is 77.4 Å². The zero-order valence-corrected chi connectivity index (χ0v) is 30.6. The van der Waals surface area contributed by atoms with Crippen LogP contribution in [0.1, 0.15) is 22.9 Å². The lowest BCUT2D eigenvalue weighted by molar-refractivity contribution is 0.628. The molecular formula is C51H32N4O2. The van der Waals surface area contributed by atoms with E-state index in [-0.39, 0.29) is 0 Å². The standard InChI is InChI=1S/C51H32N4O2/c1-3-12-31(13-4-1)33-23-27-44-42(28-33)36-16-7-9-20-43(36)55(44)35-24-26-39-38-25-22-34(29-46(38)56-47(39)30-35)50-52-49(32-14-5-2-6-15-32)53-51(54-50)41-19-11-18-40-37-17-8-10-21-45(37)57-48(40)41/h1-30,51H,(H,52,53,54). The van der Waals surface area contributed by atoms with Gasteiger partial charge in [0.2, 0.25) is 0 Å². The molecule has 4 heterocycles. The number of aliphatic imine (C=N–C) groups is 2. The summed E-state index contributed by atoms with van der Waals surface area (Å²) in [6.45, 7) is 0. The minimum atomic E-state index is -0.430. The van der Waals surface area contributed by atoms with Gasteiger partial charge in [0.15, 0.2) is 12.0 Å². The van der Waals surface area contributed by atoms with E-state index in [4.69, 9.17) is 18.8 Å². The molecule has 1 atom stereocenters. The number of benzene rings is 8. The zero-order valence-electron chi connectivity index (χ0n) is 30.6. The maximum atomic E-state index is 6.70. The van der Waals surface area contributed by atoms with Crippen LogP contribution >= 0.6 is 0 Å². The summed E-state index contributed by atoms with van der Waals surface area (Å²) >= 11 is 0. The Morgan fingerprint density at radius 3 is 1.96 bits per heavy atom. The predicted octanol–water partition coefficient (Wildman–Crippen LogP) is 12.7. The molecule has 0 radical (unpaired) electrons. The Bertz CT molecular complexity index is 3440. The number of nitrogens with zero attached hydrogens (tertiary/aromatic N) is 3. The van der Waals surface area contributed by atoms with Crippen LogP contribution < -0.4 is 5.32 Å². The van der Waals surface area contributed by atoms with E-state index in [0.29, 0.717) is 11.7 Å². The van der Waals surface area contributed by atoms with E-state index in [9.17, 15) is 0 Å². The lowest BCUT2D eigenvalue weighted by atomic mass is 10.0. The molecule has 1 unspecified atom stereocenters. The van der Waals surface area contributed by atoms with Crippen molar-refractivity contribution < 1.29 is 8.83 Å². The van der Waals surface area contributed by atoms with Gasteiger partial charge in [0.1, 0.15) is 28.2 Å². The second-order valence-electron chi connectivity index (χ2n) is 14.6. The topological polar surface area (TPSA) is 68.0 Å². The summed E-state index contributed by atoms with van der Waals surface area (Å²) in [5.74, 6) is 1.36. The molecule has 0 fully saturated rings. The van der Waals surface area contributed by atoms with E-state index in [1.54, 1.807) is 0 Å². The molecule has 1 aliphatic heterocycles. The smallest absolute Gasteiger partial charge is 0.159 e. The molecule has 0 aliphatic carbocycles. The Hall–Kier alpha value is -7.70. The molecule has 8 aromatic carbocycles. The van der Waals surface area contributed by atoms with Crippen molar-refractivity contribution in [3.63, 3.8) is 0 Å². The highest BCUT2D eigenvalue weighted by atomic mass is 16.3. The average molecular weight is 733 g/mol. The van der Waals surface area contributed by atoms with E-state index in [1.165, 1.54) is 21.9 Å². The third kappa shape index (κ3) is 5.04. The molecule has 1 N–H and O–H groups in total. The highest BCUT2D eigenvalue weighted by Crippen LogP contribution is 2.38. The molecule has 0 spiro atoms. The SMILES string of the molecule is c1ccc(C2=NC(c3cccc4c3oc3ccccc34)NC(c3ccc4c(c3)oc3cc(-n5c6ccccc6c6cc(-c7ccccc7)ccc65)ccc34)=N2)cc1. The van der Waals surface area contributed by atoms with Crippen molar-refractivity contribution in [2.75, 3.05) is 0 Å². The number of rotatable bonds is 5. The van der Waals surface area contributed by atoms with Gasteiger partial charge < -0.3 is 18.7 Å². The van der Waals surface area contributed by atoms with E-state index < -0.39 is 6.17 Å². The van der Waals surface area contributed by atoms with Crippen molar-refractivity contribution in [1.82, 2.24) is 9.88 Å². The Morgan fingerprint density at radius 1 is 0.439 bits per heavy atom. The molecule has 6 nitrogen and oxygen atoms in total. The highest BCUT2D eigenvalue weighted by molar-refractivity contribution is 6.16. The van der Waals surface area contributed by atoms with Crippen LogP contribution in [0.5, 0.6) is 0 Å². The van der Waals surface area contributed by atoms with Crippen LogP contribution in [0.25, 0.3) is 82.5 Å². The normalized spacial score (nSPS) is 14.5. The number of fused-ring (bicyclic) bond motifs is 9. The summed E-state index contributed by atoms with van der Waals surface area (Å²) in [5, 5.41) is 10.3. The minimum Gasteiger partial charge on any atom is -0.456 e. The first-order valence-electron chi connectivity index (χ1n) is 19.2. The van der Waals surface area contributed by atoms with Crippen molar-refractivity contribution in [3.05, 3.63) is 199 Å². The Labute approximate surface area is 326 Å². The van der Waals surface area contributed by atoms with Crippen LogP contribution in [0.15, 0.2) is 201 Å². The van der Waals surface area contributed by atoms with E-state index in [1.807, 2.05) is 48.5 Å². The maximum absolute atomic E-state index is 6.70. The fourth-order valence-corrected chi connectivity index (χ4v) is 8.57. The van der Waals surface area contributed by atoms with Gasteiger partial charge in [-0.05, 0) is 59.7 Å². The van der Waals surface area contributed by atoms with Gasteiger partial charge in [-0.25, -0.2) is 9.98 Å². The van der Waals surface area contributed by atoms with Crippen LogP contribution in [0.3, 0.4) is 0 Å². The number of hydrogen-bond acceptors (Lipinski definition) is 5.